The van der Waals surface area contributed by atoms with Crippen LogP contribution in [-0.4, -0.2) is 13.7 Å². The topological polar surface area (TPSA) is 41.9 Å². The number of aromatic nitrogens is 3. The third-order valence-corrected chi connectivity index (χ3v) is 3.92. The minimum Gasteiger partial charge on any atom is -0.309 e. The molecule has 0 aliphatic heterocycles. The molecular weight excluding hydrogens is 292 g/mol. The largest absolute Gasteiger partial charge is 0.309 e. The molecule has 0 bridgehead atoms. The van der Waals surface area contributed by atoms with Crippen LogP contribution in [0.5, 0.6) is 0 Å². The van der Waals surface area contributed by atoms with Crippen molar-refractivity contribution in [3.05, 3.63) is 72.9 Å². The number of hydrogen-bond donors (Lipinski definition) is 0. The summed E-state index contributed by atoms with van der Waals surface area (Å²) in [6.07, 6.45) is 1.84. The average molecular weight is 304 g/mol. The predicted octanol–water partition coefficient (Wildman–Crippen LogP) is 4.56. The minimum absolute atomic E-state index is 0.690. The first-order valence-corrected chi connectivity index (χ1v) is 7.63. The number of anilines is 3. The summed E-state index contributed by atoms with van der Waals surface area (Å²) < 4.78 is 8.46. The maximum absolute atomic E-state index is 4.41. The molecule has 22 heavy (non-hydrogen) atoms. The first-order chi connectivity index (χ1) is 10.9. The highest BCUT2D eigenvalue weighted by atomic mass is 32.1. The van der Waals surface area contributed by atoms with Crippen LogP contribution in [0.1, 0.15) is 0 Å². The van der Waals surface area contributed by atoms with Gasteiger partial charge in [0, 0.05) is 11.4 Å². The lowest BCUT2D eigenvalue weighted by Gasteiger charge is -2.24. The van der Waals surface area contributed by atoms with Crippen LogP contribution in [-0.2, 0) is 0 Å². The van der Waals surface area contributed by atoms with E-state index in [9.17, 15) is 0 Å². The van der Waals surface area contributed by atoms with Crippen LogP contribution in [0.4, 0.5) is 17.1 Å². The van der Waals surface area contributed by atoms with Crippen LogP contribution in [0.3, 0.4) is 0 Å². The molecule has 0 amide bonds. The van der Waals surface area contributed by atoms with Gasteiger partial charge in [0.05, 0.1) is 23.6 Å². The second-order valence-corrected chi connectivity index (χ2v) is 5.34. The smallest absolute Gasteiger partial charge is 0.193 e. The van der Waals surface area contributed by atoms with E-state index in [2.05, 4.69) is 42.9 Å². The number of pyridine rings is 1. The molecule has 0 aliphatic rings. The lowest BCUT2D eigenvalue weighted by Crippen LogP contribution is -2.09. The average Bonchev–Trinajstić information content (AvgIpc) is 3.05. The van der Waals surface area contributed by atoms with Crippen molar-refractivity contribution >= 4 is 40.0 Å². The standard InChI is InChI=1S/C17H12N4S/c1-3-7-13(8-4-1)21(14-9-5-2-6-10-14)15-11-16-17(18-12-15)20-22-19-16/h1-12H. The van der Waals surface area contributed by atoms with Gasteiger partial charge >= 0.3 is 0 Å². The molecule has 0 radical (unpaired) electrons. The van der Waals surface area contributed by atoms with Crippen molar-refractivity contribution < 1.29 is 0 Å². The summed E-state index contributed by atoms with van der Waals surface area (Å²) in [6, 6.07) is 22.5. The fourth-order valence-electron chi connectivity index (χ4n) is 2.40. The van der Waals surface area contributed by atoms with Crippen molar-refractivity contribution in [2.75, 3.05) is 4.90 Å². The Balaban J connectivity index is 1.90. The third kappa shape index (κ3) is 2.31. The monoisotopic (exact) mass is 304 g/mol. The van der Waals surface area contributed by atoms with Crippen molar-refractivity contribution in [2.24, 2.45) is 0 Å². The Morgan fingerprint density at radius 2 is 1.36 bits per heavy atom. The van der Waals surface area contributed by atoms with Gasteiger partial charge in [-0.3, -0.25) is 0 Å². The van der Waals surface area contributed by atoms with Crippen molar-refractivity contribution in [3.63, 3.8) is 0 Å². The maximum Gasteiger partial charge on any atom is 0.193 e. The molecule has 0 spiro atoms. The van der Waals surface area contributed by atoms with Gasteiger partial charge in [-0.25, -0.2) is 4.98 Å². The van der Waals surface area contributed by atoms with Crippen molar-refractivity contribution in [1.29, 1.82) is 0 Å². The van der Waals surface area contributed by atoms with Crippen LogP contribution in [0.25, 0.3) is 11.2 Å². The normalized spacial score (nSPS) is 10.7. The first-order valence-electron chi connectivity index (χ1n) is 6.90. The Morgan fingerprint density at radius 3 is 2.00 bits per heavy atom. The number of hydrogen-bond acceptors (Lipinski definition) is 5. The lowest BCUT2D eigenvalue weighted by atomic mass is 10.2. The first kappa shape index (κ1) is 12.9. The van der Waals surface area contributed by atoms with Crippen LogP contribution >= 0.6 is 11.7 Å². The second kappa shape index (κ2) is 5.54. The SMILES string of the molecule is c1ccc(N(c2ccccc2)c2cnc3nsnc3c2)cc1. The lowest BCUT2D eigenvalue weighted by molar-refractivity contribution is 1.25. The Morgan fingerprint density at radius 1 is 0.727 bits per heavy atom. The number of benzene rings is 2. The van der Waals surface area contributed by atoms with Crippen molar-refractivity contribution in [2.45, 2.75) is 0 Å². The highest BCUT2D eigenvalue weighted by Gasteiger charge is 2.13. The van der Waals surface area contributed by atoms with E-state index in [-0.39, 0.29) is 0 Å². The molecule has 5 heteroatoms. The van der Waals surface area contributed by atoms with Crippen molar-refractivity contribution in [3.8, 4) is 0 Å². The maximum atomic E-state index is 4.41. The number of rotatable bonds is 3. The number of nitrogens with zero attached hydrogens (tertiary/aromatic N) is 4. The van der Waals surface area contributed by atoms with Gasteiger partial charge in [0.2, 0.25) is 0 Å². The van der Waals surface area contributed by atoms with E-state index in [1.54, 1.807) is 0 Å². The van der Waals surface area contributed by atoms with Crippen LogP contribution in [0.2, 0.25) is 0 Å². The molecule has 2 aromatic carbocycles. The van der Waals surface area contributed by atoms with Gasteiger partial charge in [0.1, 0.15) is 5.52 Å². The highest BCUT2D eigenvalue weighted by molar-refractivity contribution is 7.00. The predicted molar refractivity (Wildman–Crippen MR) is 89.9 cm³/mol. The van der Waals surface area contributed by atoms with E-state index >= 15 is 0 Å². The van der Waals surface area contributed by atoms with Crippen LogP contribution < -0.4 is 4.90 Å². The minimum atomic E-state index is 0.690. The van der Waals surface area contributed by atoms with E-state index in [0.717, 1.165) is 22.6 Å². The van der Waals surface area contributed by atoms with Gasteiger partial charge in [-0.2, -0.15) is 8.75 Å². The molecule has 0 atom stereocenters. The van der Waals surface area contributed by atoms with Gasteiger partial charge in [-0.15, -0.1) is 0 Å². The Kier molecular flexibility index (Phi) is 3.25. The van der Waals surface area contributed by atoms with Gasteiger partial charge in [0.25, 0.3) is 0 Å². The number of para-hydroxylation sites is 2. The summed E-state index contributed by atoms with van der Waals surface area (Å²) in [6.45, 7) is 0. The molecule has 0 saturated carbocycles. The number of fused-ring (bicyclic) bond motifs is 1. The van der Waals surface area contributed by atoms with E-state index in [1.165, 1.54) is 11.7 Å². The van der Waals surface area contributed by atoms with E-state index in [0.29, 0.717) is 5.65 Å². The summed E-state index contributed by atoms with van der Waals surface area (Å²) in [7, 11) is 0. The zero-order chi connectivity index (χ0) is 14.8. The van der Waals surface area contributed by atoms with Crippen LogP contribution in [0, 0.1) is 0 Å². The third-order valence-electron chi connectivity index (χ3n) is 3.39. The summed E-state index contributed by atoms with van der Waals surface area (Å²) in [5.41, 5.74) is 4.64. The molecule has 0 N–H and O–H groups in total. The Labute approximate surface area is 132 Å². The van der Waals surface area contributed by atoms with E-state index in [1.807, 2.05) is 48.7 Å². The Hall–Kier alpha value is -2.79. The van der Waals surface area contributed by atoms with Gasteiger partial charge in [0.15, 0.2) is 5.65 Å². The molecule has 0 saturated heterocycles. The quantitative estimate of drug-likeness (QED) is 0.556. The molecule has 4 aromatic rings. The summed E-state index contributed by atoms with van der Waals surface area (Å²) in [5, 5.41) is 0. The zero-order valence-corrected chi connectivity index (χ0v) is 12.4. The van der Waals surface area contributed by atoms with E-state index < -0.39 is 0 Å². The second-order valence-electron chi connectivity index (χ2n) is 4.81. The van der Waals surface area contributed by atoms with Gasteiger partial charge in [-0.1, -0.05) is 36.4 Å². The van der Waals surface area contributed by atoms with Crippen molar-refractivity contribution in [1.82, 2.24) is 13.7 Å². The molecule has 4 rings (SSSR count). The molecule has 0 aliphatic carbocycles. The summed E-state index contributed by atoms with van der Waals surface area (Å²) in [5.74, 6) is 0. The molecule has 0 fully saturated rings. The molecule has 2 heterocycles. The fourth-order valence-corrected chi connectivity index (χ4v) is 2.88. The Bertz CT molecular complexity index is 851. The summed E-state index contributed by atoms with van der Waals surface area (Å²) >= 11 is 1.18. The molecular formula is C17H12N4S. The summed E-state index contributed by atoms with van der Waals surface area (Å²) in [4.78, 5) is 6.57. The van der Waals surface area contributed by atoms with Gasteiger partial charge in [-0.05, 0) is 30.3 Å². The fraction of sp³-hybridized carbons (Fsp3) is 0. The molecule has 0 unspecified atom stereocenters. The highest BCUT2D eigenvalue weighted by Crippen LogP contribution is 2.34. The zero-order valence-electron chi connectivity index (χ0n) is 11.6. The van der Waals surface area contributed by atoms with Gasteiger partial charge < -0.3 is 4.90 Å². The van der Waals surface area contributed by atoms with Crippen LogP contribution in [0.15, 0.2) is 72.9 Å². The molecule has 4 nitrogen and oxygen atoms in total. The molecule has 106 valence electrons. The van der Waals surface area contributed by atoms with E-state index in [4.69, 9.17) is 0 Å². The molecule has 2 aromatic heterocycles.